The number of hydrogen-bond acceptors (Lipinski definition) is 3. The zero-order valence-corrected chi connectivity index (χ0v) is 16.4. The fraction of sp³-hybridized carbons (Fsp3) is 0.667. The van der Waals surface area contributed by atoms with Crippen LogP contribution in [0.3, 0.4) is 0 Å². The molecule has 126 valence electrons. The highest BCUT2D eigenvalue weighted by atomic mass is 28.4. The van der Waals surface area contributed by atoms with Gasteiger partial charge in [0.05, 0.1) is 0 Å². The lowest BCUT2D eigenvalue weighted by Gasteiger charge is -2.30. The van der Waals surface area contributed by atoms with Gasteiger partial charge in [-0.25, -0.2) is 0 Å². The van der Waals surface area contributed by atoms with Crippen LogP contribution in [-0.4, -0.2) is 30.1 Å². The Morgan fingerprint density at radius 2 is 1.36 bits per heavy atom. The van der Waals surface area contributed by atoms with Gasteiger partial charge in [0, 0.05) is 26.5 Å². The van der Waals surface area contributed by atoms with Gasteiger partial charge in [0.15, 0.2) is 0 Å². The highest BCUT2D eigenvalue weighted by molar-refractivity contribution is 6.75. The van der Waals surface area contributed by atoms with Crippen LogP contribution < -0.4 is 5.19 Å². The smallest absolute Gasteiger partial charge is 0.373 e. The van der Waals surface area contributed by atoms with Crippen LogP contribution in [0.15, 0.2) is 24.3 Å². The monoisotopic (exact) mass is 324 g/mol. The summed E-state index contributed by atoms with van der Waals surface area (Å²) in [7, 11) is 2.20. The van der Waals surface area contributed by atoms with Gasteiger partial charge >= 0.3 is 8.80 Å². The summed E-state index contributed by atoms with van der Waals surface area (Å²) in [5.74, 6) is 1.16. The molecule has 0 fully saturated rings. The molecule has 0 saturated heterocycles. The van der Waals surface area contributed by atoms with Crippen molar-refractivity contribution in [3.05, 3.63) is 29.8 Å². The van der Waals surface area contributed by atoms with Crippen molar-refractivity contribution >= 4 is 14.0 Å². The predicted octanol–water partition coefficient (Wildman–Crippen LogP) is 3.95. The second kappa shape index (κ2) is 7.73. The summed E-state index contributed by atoms with van der Waals surface area (Å²) in [5, 5.41) is 1.00. The lowest BCUT2D eigenvalue weighted by Crippen LogP contribution is -2.54. The van der Waals surface area contributed by atoms with Gasteiger partial charge in [-0.2, -0.15) is 0 Å². The van der Waals surface area contributed by atoms with Crippen LogP contribution in [0.2, 0.25) is 0 Å². The molecule has 0 aliphatic carbocycles. The predicted molar refractivity (Wildman–Crippen MR) is 94.5 cm³/mol. The molecular formula is C18H32O3Si. The quantitative estimate of drug-likeness (QED) is 0.711. The number of hydrogen-bond donors (Lipinski definition) is 0. The van der Waals surface area contributed by atoms with Crippen LogP contribution in [0.5, 0.6) is 0 Å². The van der Waals surface area contributed by atoms with Crippen molar-refractivity contribution in [1.29, 1.82) is 0 Å². The Morgan fingerprint density at radius 3 is 1.68 bits per heavy atom. The van der Waals surface area contributed by atoms with Crippen molar-refractivity contribution in [2.45, 2.75) is 47.0 Å². The molecule has 1 rings (SSSR count). The molecule has 0 aromatic heterocycles. The van der Waals surface area contributed by atoms with Crippen LogP contribution >= 0.6 is 0 Å². The van der Waals surface area contributed by atoms with E-state index in [2.05, 4.69) is 58.9 Å². The van der Waals surface area contributed by atoms with E-state index in [-0.39, 0.29) is 0 Å². The van der Waals surface area contributed by atoms with Gasteiger partial charge in [-0.3, -0.25) is 0 Å². The van der Waals surface area contributed by atoms with E-state index in [9.17, 15) is 0 Å². The fourth-order valence-corrected chi connectivity index (χ4v) is 4.72. The minimum atomic E-state index is -2.73. The van der Waals surface area contributed by atoms with Crippen LogP contribution in [0, 0.1) is 11.3 Å². The Hall–Kier alpha value is -0.683. The SMILES string of the molecule is CO[Si](OC)(OC)c1ccc(C(CC(C)(C)C)C(C)C)cc1. The molecule has 0 spiro atoms. The molecule has 1 unspecified atom stereocenters. The largest absolute Gasteiger partial charge is 0.536 e. The van der Waals surface area contributed by atoms with Gasteiger partial charge in [0.2, 0.25) is 0 Å². The summed E-state index contributed by atoms with van der Waals surface area (Å²) in [6, 6.07) is 8.58. The zero-order chi connectivity index (χ0) is 17.0. The Balaban J connectivity index is 3.08. The molecule has 0 saturated carbocycles. The van der Waals surface area contributed by atoms with Gasteiger partial charge in [0.1, 0.15) is 0 Å². The van der Waals surface area contributed by atoms with Gasteiger partial charge in [-0.1, -0.05) is 58.9 Å². The van der Waals surface area contributed by atoms with Crippen molar-refractivity contribution in [3.63, 3.8) is 0 Å². The van der Waals surface area contributed by atoms with Crippen LogP contribution in [0.4, 0.5) is 0 Å². The molecule has 0 aliphatic rings. The average molecular weight is 325 g/mol. The molecule has 4 heteroatoms. The number of benzene rings is 1. The summed E-state index contributed by atoms with van der Waals surface area (Å²) in [6.07, 6.45) is 1.17. The molecule has 1 aromatic rings. The molecule has 22 heavy (non-hydrogen) atoms. The van der Waals surface area contributed by atoms with Crippen LogP contribution in [-0.2, 0) is 13.3 Å². The molecule has 1 atom stereocenters. The van der Waals surface area contributed by atoms with Crippen molar-refractivity contribution in [2.75, 3.05) is 21.3 Å². The van der Waals surface area contributed by atoms with Gasteiger partial charge in [0.25, 0.3) is 0 Å². The summed E-state index contributed by atoms with van der Waals surface area (Å²) in [5.41, 5.74) is 1.69. The second-order valence-corrected chi connectivity index (χ2v) is 10.3. The van der Waals surface area contributed by atoms with E-state index in [1.54, 1.807) is 21.3 Å². The highest BCUT2D eigenvalue weighted by Gasteiger charge is 2.40. The second-order valence-electron chi connectivity index (χ2n) is 7.41. The maximum absolute atomic E-state index is 5.55. The average Bonchev–Trinajstić information content (AvgIpc) is 2.47. The Kier molecular flexibility index (Phi) is 6.80. The summed E-state index contributed by atoms with van der Waals surface area (Å²) in [4.78, 5) is 0. The minimum Gasteiger partial charge on any atom is -0.373 e. The fourth-order valence-electron chi connectivity index (χ4n) is 2.94. The molecule has 0 heterocycles. The van der Waals surface area contributed by atoms with E-state index in [4.69, 9.17) is 13.3 Å². The van der Waals surface area contributed by atoms with Gasteiger partial charge in [-0.05, 0) is 29.2 Å². The number of rotatable bonds is 7. The van der Waals surface area contributed by atoms with E-state index in [0.717, 1.165) is 5.19 Å². The Labute approximate surface area is 137 Å². The third-order valence-corrected chi connectivity index (χ3v) is 6.79. The Morgan fingerprint density at radius 1 is 0.909 bits per heavy atom. The van der Waals surface area contributed by atoms with E-state index in [0.29, 0.717) is 17.3 Å². The maximum atomic E-state index is 5.55. The summed E-state index contributed by atoms with van der Waals surface area (Å²) >= 11 is 0. The lowest BCUT2D eigenvalue weighted by molar-refractivity contribution is 0.140. The first-order chi connectivity index (χ1) is 10.2. The third-order valence-electron chi connectivity index (χ3n) is 4.14. The van der Waals surface area contributed by atoms with E-state index in [1.165, 1.54) is 12.0 Å². The van der Waals surface area contributed by atoms with Gasteiger partial charge in [-0.15, -0.1) is 0 Å². The topological polar surface area (TPSA) is 27.7 Å². The molecule has 0 radical (unpaired) electrons. The molecule has 1 aromatic carbocycles. The molecule has 0 amide bonds. The molecule has 0 bridgehead atoms. The third kappa shape index (κ3) is 4.65. The van der Waals surface area contributed by atoms with Crippen molar-refractivity contribution < 1.29 is 13.3 Å². The van der Waals surface area contributed by atoms with Crippen LogP contribution in [0.25, 0.3) is 0 Å². The first kappa shape index (κ1) is 19.4. The standard InChI is InChI=1S/C18H32O3Si/c1-14(2)17(13-18(3,4)5)15-9-11-16(12-10-15)22(19-6,20-7)21-8/h9-12,14,17H,13H2,1-8H3. The van der Waals surface area contributed by atoms with E-state index < -0.39 is 8.80 Å². The molecule has 0 N–H and O–H groups in total. The zero-order valence-electron chi connectivity index (χ0n) is 15.4. The molecular weight excluding hydrogens is 292 g/mol. The summed E-state index contributed by atoms with van der Waals surface area (Å²) < 4.78 is 16.6. The lowest BCUT2D eigenvalue weighted by atomic mass is 9.76. The van der Waals surface area contributed by atoms with Gasteiger partial charge < -0.3 is 13.3 Å². The van der Waals surface area contributed by atoms with E-state index >= 15 is 0 Å². The van der Waals surface area contributed by atoms with Crippen molar-refractivity contribution in [3.8, 4) is 0 Å². The van der Waals surface area contributed by atoms with Crippen molar-refractivity contribution in [2.24, 2.45) is 11.3 Å². The van der Waals surface area contributed by atoms with E-state index in [1.807, 2.05) is 0 Å². The Bertz CT molecular complexity index is 436. The van der Waals surface area contributed by atoms with Crippen molar-refractivity contribution in [1.82, 2.24) is 0 Å². The maximum Gasteiger partial charge on any atom is 0.536 e. The molecule has 0 aliphatic heterocycles. The summed E-state index contributed by atoms with van der Waals surface area (Å²) in [6.45, 7) is 11.5. The first-order valence-electron chi connectivity index (χ1n) is 7.95. The first-order valence-corrected chi connectivity index (χ1v) is 9.67. The minimum absolute atomic E-state index is 0.317. The van der Waals surface area contributed by atoms with Crippen LogP contribution in [0.1, 0.15) is 52.5 Å². The normalized spacial score (nSPS) is 14.4. The molecule has 3 nitrogen and oxygen atoms in total. The highest BCUT2D eigenvalue weighted by Crippen LogP contribution is 2.36.